The molecule has 0 aromatic heterocycles. The predicted molar refractivity (Wildman–Crippen MR) is 65.8 cm³/mol. The Balaban J connectivity index is 2.34. The summed E-state index contributed by atoms with van der Waals surface area (Å²) in [6.45, 7) is 1.35. The lowest BCUT2D eigenvalue weighted by Crippen LogP contribution is -2.25. The largest absolute Gasteiger partial charge is 0.341 e. The van der Waals surface area contributed by atoms with E-state index in [-0.39, 0.29) is 5.91 Å². The third-order valence-corrected chi connectivity index (χ3v) is 2.53. The van der Waals surface area contributed by atoms with Crippen molar-refractivity contribution in [3.8, 4) is 0 Å². The van der Waals surface area contributed by atoms with Gasteiger partial charge in [-0.05, 0) is 24.9 Å². The summed E-state index contributed by atoms with van der Waals surface area (Å²) in [4.78, 5) is 13.5. The van der Waals surface area contributed by atoms with Crippen LogP contribution < -0.4 is 5.73 Å². The smallest absolute Gasteiger partial charge is 0.222 e. The second-order valence-corrected chi connectivity index (χ2v) is 3.98. The first-order valence-electron chi connectivity index (χ1n) is 5.72. The van der Waals surface area contributed by atoms with Crippen molar-refractivity contribution in [2.45, 2.75) is 25.8 Å². The highest BCUT2D eigenvalue weighted by atomic mass is 16.2. The Morgan fingerprint density at radius 1 is 1.25 bits per heavy atom. The molecule has 1 aromatic rings. The zero-order valence-electron chi connectivity index (χ0n) is 9.86. The van der Waals surface area contributed by atoms with Gasteiger partial charge in [0.15, 0.2) is 0 Å². The average molecular weight is 220 g/mol. The zero-order valence-corrected chi connectivity index (χ0v) is 9.86. The third kappa shape index (κ3) is 4.45. The van der Waals surface area contributed by atoms with Crippen LogP contribution >= 0.6 is 0 Å². The van der Waals surface area contributed by atoms with E-state index in [2.05, 4.69) is 0 Å². The average Bonchev–Trinajstić information content (AvgIpc) is 2.30. The second-order valence-electron chi connectivity index (χ2n) is 3.98. The summed E-state index contributed by atoms with van der Waals surface area (Å²) >= 11 is 0. The molecular weight excluding hydrogens is 200 g/mol. The van der Waals surface area contributed by atoms with E-state index in [9.17, 15) is 4.79 Å². The molecule has 0 radical (unpaired) electrons. The summed E-state index contributed by atoms with van der Waals surface area (Å²) in [7, 11) is 1.85. The Bertz CT molecular complexity index is 311. The molecule has 3 nitrogen and oxygen atoms in total. The fraction of sp³-hybridized carbons (Fsp3) is 0.462. The molecule has 3 heteroatoms. The number of nitrogens with zero attached hydrogens (tertiary/aromatic N) is 1. The van der Waals surface area contributed by atoms with Crippen molar-refractivity contribution in [1.29, 1.82) is 0 Å². The van der Waals surface area contributed by atoms with E-state index < -0.39 is 0 Å². The Kier molecular flexibility index (Phi) is 5.57. The van der Waals surface area contributed by atoms with E-state index in [1.165, 1.54) is 0 Å². The molecule has 0 aliphatic carbocycles. The first-order valence-corrected chi connectivity index (χ1v) is 5.72. The van der Waals surface area contributed by atoms with Crippen LogP contribution in [0.5, 0.6) is 0 Å². The third-order valence-electron chi connectivity index (χ3n) is 2.53. The number of hydrogen-bond donors (Lipinski definition) is 1. The maximum absolute atomic E-state index is 11.7. The second kappa shape index (κ2) is 7.01. The van der Waals surface area contributed by atoms with E-state index in [1.54, 1.807) is 4.90 Å². The van der Waals surface area contributed by atoms with Gasteiger partial charge in [0.05, 0.1) is 0 Å². The van der Waals surface area contributed by atoms with Crippen molar-refractivity contribution in [3.63, 3.8) is 0 Å². The molecule has 0 bridgehead atoms. The van der Waals surface area contributed by atoms with Gasteiger partial charge in [-0.25, -0.2) is 0 Å². The number of unbranched alkanes of at least 4 members (excludes halogenated alkanes) is 1. The standard InChI is InChI=1S/C13H20N2O/c1-15(13(16)9-5-6-10-14)11-12-7-3-2-4-8-12/h2-4,7-8H,5-6,9-11,14H2,1H3. The molecule has 1 aromatic carbocycles. The van der Waals surface area contributed by atoms with Gasteiger partial charge in [-0.15, -0.1) is 0 Å². The van der Waals surface area contributed by atoms with Crippen molar-refractivity contribution in [2.75, 3.05) is 13.6 Å². The summed E-state index contributed by atoms with van der Waals surface area (Å²) in [5.74, 6) is 0.192. The maximum atomic E-state index is 11.7. The molecule has 0 saturated heterocycles. The van der Waals surface area contributed by atoms with Gasteiger partial charge in [0, 0.05) is 20.0 Å². The van der Waals surface area contributed by atoms with Crippen LogP contribution in [0, 0.1) is 0 Å². The van der Waals surface area contributed by atoms with Crippen molar-refractivity contribution >= 4 is 5.91 Å². The molecule has 0 unspecified atom stereocenters. The molecule has 0 heterocycles. The Morgan fingerprint density at radius 3 is 2.56 bits per heavy atom. The summed E-state index contributed by atoms with van der Waals surface area (Å²) in [6, 6.07) is 10.0. The van der Waals surface area contributed by atoms with Crippen molar-refractivity contribution in [1.82, 2.24) is 4.90 Å². The van der Waals surface area contributed by atoms with Crippen molar-refractivity contribution in [3.05, 3.63) is 35.9 Å². The lowest BCUT2D eigenvalue weighted by molar-refractivity contribution is -0.130. The minimum absolute atomic E-state index is 0.192. The molecule has 16 heavy (non-hydrogen) atoms. The summed E-state index contributed by atoms with van der Waals surface area (Å²) in [5, 5.41) is 0. The number of amides is 1. The van der Waals surface area contributed by atoms with Gasteiger partial charge >= 0.3 is 0 Å². The van der Waals surface area contributed by atoms with Crippen LogP contribution in [0.2, 0.25) is 0 Å². The fourth-order valence-electron chi connectivity index (χ4n) is 1.56. The Labute approximate surface area is 97.2 Å². The van der Waals surface area contributed by atoms with Gasteiger partial charge in [0.1, 0.15) is 0 Å². The van der Waals surface area contributed by atoms with Crippen molar-refractivity contribution in [2.24, 2.45) is 5.73 Å². The van der Waals surface area contributed by atoms with Crippen LogP contribution in [0.25, 0.3) is 0 Å². The highest BCUT2D eigenvalue weighted by Gasteiger charge is 2.07. The van der Waals surface area contributed by atoms with Crippen molar-refractivity contribution < 1.29 is 4.79 Å². The maximum Gasteiger partial charge on any atom is 0.222 e. The van der Waals surface area contributed by atoms with Gasteiger partial charge in [-0.1, -0.05) is 30.3 Å². The fourth-order valence-corrected chi connectivity index (χ4v) is 1.56. The normalized spacial score (nSPS) is 10.1. The van der Waals surface area contributed by atoms with Crippen LogP contribution in [-0.2, 0) is 11.3 Å². The lowest BCUT2D eigenvalue weighted by Gasteiger charge is -2.17. The lowest BCUT2D eigenvalue weighted by atomic mass is 10.2. The quantitative estimate of drug-likeness (QED) is 0.743. The van der Waals surface area contributed by atoms with Gasteiger partial charge in [-0.2, -0.15) is 0 Å². The first kappa shape index (κ1) is 12.7. The molecule has 0 saturated carbocycles. The van der Waals surface area contributed by atoms with Crippen LogP contribution in [0.3, 0.4) is 0 Å². The topological polar surface area (TPSA) is 46.3 Å². The number of hydrogen-bond acceptors (Lipinski definition) is 2. The number of carbonyl (C=O) groups excluding carboxylic acids is 1. The highest BCUT2D eigenvalue weighted by Crippen LogP contribution is 2.05. The van der Waals surface area contributed by atoms with E-state index in [1.807, 2.05) is 37.4 Å². The van der Waals surface area contributed by atoms with E-state index in [0.29, 0.717) is 19.5 Å². The summed E-state index contributed by atoms with van der Waals surface area (Å²) in [6.07, 6.45) is 2.40. The van der Waals surface area contributed by atoms with Gasteiger partial charge in [0.25, 0.3) is 0 Å². The predicted octanol–water partition coefficient (Wildman–Crippen LogP) is 1.77. The van der Waals surface area contributed by atoms with Crippen LogP contribution in [0.1, 0.15) is 24.8 Å². The van der Waals surface area contributed by atoms with Gasteiger partial charge < -0.3 is 10.6 Å². The van der Waals surface area contributed by atoms with Gasteiger partial charge in [0.2, 0.25) is 5.91 Å². The molecule has 0 fully saturated rings. The molecular formula is C13H20N2O. The molecule has 0 aliphatic heterocycles. The molecule has 0 spiro atoms. The first-order chi connectivity index (χ1) is 7.74. The molecule has 0 atom stereocenters. The van der Waals surface area contributed by atoms with E-state index >= 15 is 0 Å². The van der Waals surface area contributed by atoms with Crippen LogP contribution in [0.4, 0.5) is 0 Å². The zero-order chi connectivity index (χ0) is 11.8. The molecule has 0 aliphatic rings. The molecule has 2 N–H and O–H groups in total. The number of rotatable bonds is 6. The van der Waals surface area contributed by atoms with Gasteiger partial charge in [-0.3, -0.25) is 4.79 Å². The molecule has 88 valence electrons. The van der Waals surface area contributed by atoms with E-state index in [0.717, 1.165) is 18.4 Å². The SMILES string of the molecule is CN(Cc1ccccc1)C(=O)CCCCN. The Morgan fingerprint density at radius 2 is 1.94 bits per heavy atom. The minimum atomic E-state index is 0.192. The Hall–Kier alpha value is -1.35. The summed E-state index contributed by atoms with van der Waals surface area (Å²) in [5.41, 5.74) is 6.55. The highest BCUT2D eigenvalue weighted by molar-refractivity contribution is 5.75. The number of nitrogens with two attached hydrogens (primary N) is 1. The van der Waals surface area contributed by atoms with Crippen LogP contribution in [-0.4, -0.2) is 24.4 Å². The molecule has 1 amide bonds. The van der Waals surface area contributed by atoms with E-state index in [4.69, 9.17) is 5.73 Å². The molecule has 1 rings (SSSR count). The number of benzene rings is 1. The summed E-state index contributed by atoms with van der Waals surface area (Å²) < 4.78 is 0. The minimum Gasteiger partial charge on any atom is -0.341 e. The van der Waals surface area contributed by atoms with Crippen LogP contribution in [0.15, 0.2) is 30.3 Å². The number of carbonyl (C=O) groups is 1. The monoisotopic (exact) mass is 220 g/mol.